The molecule has 2 saturated heterocycles. The van der Waals surface area contributed by atoms with E-state index in [-0.39, 0.29) is 18.0 Å². The van der Waals surface area contributed by atoms with Crippen molar-refractivity contribution in [2.75, 3.05) is 37.6 Å². The van der Waals surface area contributed by atoms with Gasteiger partial charge in [-0.1, -0.05) is 19.3 Å². The number of hydrogen-bond donors (Lipinski definition) is 0. The molecule has 0 bridgehead atoms. The summed E-state index contributed by atoms with van der Waals surface area (Å²) in [5, 5.41) is 0.810. The van der Waals surface area contributed by atoms with Gasteiger partial charge < -0.3 is 9.64 Å². The number of piperazine rings is 2. The second kappa shape index (κ2) is 8.22. The molecule has 29 heavy (non-hydrogen) atoms. The molecule has 1 atom stereocenters. The number of rotatable bonds is 2. The fraction of sp³-hybridized carbons (Fsp3) is 0.762. The Morgan fingerprint density at radius 3 is 2.59 bits per heavy atom. The molecule has 3 aliphatic rings. The second-order valence-corrected chi connectivity index (χ2v) is 10.4. The van der Waals surface area contributed by atoms with Crippen LogP contribution >= 0.6 is 11.3 Å². The number of anilines is 1. The molecule has 1 aliphatic carbocycles. The normalized spacial score (nSPS) is 24.5. The molecule has 1 aromatic heterocycles. The van der Waals surface area contributed by atoms with Gasteiger partial charge in [0.1, 0.15) is 11.6 Å². The Morgan fingerprint density at radius 1 is 1.14 bits per heavy atom. The van der Waals surface area contributed by atoms with E-state index in [1.165, 1.54) is 37.0 Å². The summed E-state index contributed by atoms with van der Waals surface area (Å²) in [4.78, 5) is 37.4. The Morgan fingerprint density at radius 2 is 1.86 bits per heavy atom. The molecule has 2 amide bonds. The second-order valence-electron chi connectivity index (χ2n) is 9.35. The molecular formula is C21H32N4O3S. The van der Waals surface area contributed by atoms with E-state index < -0.39 is 5.60 Å². The molecule has 0 aromatic carbocycles. The molecule has 1 aromatic rings. The summed E-state index contributed by atoms with van der Waals surface area (Å²) in [6.45, 7) is 8.75. The van der Waals surface area contributed by atoms with Gasteiger partial charge in [0, 0.05) is 43.8 Å². The lowest BCUT2D eigenvalue weighted by Gasteiger charge is -2.45. The Kier molecular flexibility index (Phi) is 5.84. The van der Waals surface area contributed by atoms with Crippen LogP contribution in [0.2, 0.25) is 0 Å². The fourth-order valence-corrected chi connectivity index (χ4v) is 5.62. The van der Waals surface area contributed by atoms with Crippen LogP contribution in [0.1, 0.15) is 63.7 Å². The van der Waals surface area contributed by atoms with Crippen LogP contribution in [0.25, 0.3) is 0 Å². The standard InChI is InChI=1S/C21H32N4O3S/c1-21(2,3)28-20(27)24-10-9-23-11-12-25(18(26)16(23)14-24)19-22-13-17(29-19)15-7-5-4-6-8-15/h13,15-16H,4-12,14H2,1-3H3. The minimum absolute atomic E-state index is 0.0500. The smallest absolute Gasteiger partial charge is 0.410 e. The average Bonchev–Trinajstić information content (AvgIpc) is 3.17. The molecule has 2 aliphatic heterocycles. The summed E-state index contributed by atoms with van der Waals surface area (Å²) >= 11 is 1.67. The van der Waals surface area contributed by atoms with E-state index >= 15 is 0 Å². The summed E-state index contributed by atoms with van der Waals surface area (Å²) in [5.41, 5.74) is -0.534. The highest BCUT2D eigenvalue weighted by Gasteiger charge is 2.42. The maximum atomic E-state index is 13.3. The zero-order chi connectivity index (χ0) is 20.6. The zero-order valence-corrected chi connectivity index (χ0v) is 18.5. The number of fused-ring (bicyclic) bond motifs is 1. The summed E-state index contributed by atoms with van der Waals surface area (Å²) in [7, 11) is 0. The molecule has 0 spiro atoms. The molecule has 0 radical (unpaired) electrons. The third-order valence-electron chi connectivity index (χ3n) is 6.05. The van der Waals surface area contributed by atoms with Crippen LogP contribution in [0.3, 0.4) is 0 Å². The molecule has 0 N–H and O–H groups in total. The number of hydrogen-bond acceptors (Lipinski definition) is 6. The van der Waals surface area contributed by atoms with E-state index in [0.717, 1.165) is 11.7 Å². The number of thiazole rings is 1. The lowest BCUT2D eigenvalue weighted by Crippen LogP contribution is -2.65. The third-order valence-corrected chi connectivity index (χ3v) is 7.24. The summed E-state index contributed by atoms with van der Waals surface area (Å²) in [6.07, 6.45) is 8.02. The Hall–Kier alpha value is -1.67. The predicted octanol–water partition coefficient (Wildman–Crippen LogP) is 3.46. The first-order chi connectivity index (χ1) is 13.8. The highest BCUT2D eigenvalue weighted by molar-refractivity contribution is 7.15. The van der Waals surface area contributed by atoms with Crippen LogP contribution in [-0.4, -0.2) is 71.2 Å². The van der Waals surface area contributed by atoms with Crippen LogP contribution in [0.5, 0.6) is 0 Å². The van der Waals surface area contributed by atoms with Crippen molar-refractivity contribution >= 4 is 28.5 Å². The molecule has 3 fully saturated rings. The number of carbonyl (C=O) groups excluding carboxylic acids is 2. The van der Waals surface area contributed by atoms with Crippen molar-refractivity contribution in [2.24, 2.45) is 0 Å². The average molecular weight is 421 g/mol. The molecule has 1 unspecified atom stereocenters. The van der Waals surface area contributed by atoms with Crippen LogP contribution in [0.15, 0.2) is 6.20 Å². The van der Waals surface area contributed by atoms with E-state index in [1.54, 1.807) is 16.2 Å². The SMILES string of the molecule is CC(C)(C)OC(=O)N1CCN2CCN(c3ncc(C4CCCCC4)s3)C(=O)C2C1. The van der Waals surface area contributed by atoms with Crippen LogP contribution in [0.4, 0.5) is 9.93 Å². The van der Waals surface area contributed by atoms with E-state index in [9.17, 15) is 9.59 Å². The fourth-order valence-electron chi connectivity index (χ4n) is 4.50. The highest BCUT2D eigenvalue weighted by atomic mass is 32.1. The van der Waals surface area contributed by atoms with Gasteiger partial charge in [0.25, 0.3) is 0 Å². The van der Waals surface area contributed by atoms with Gasteiger partial charge in [-0.05, 0) is 39.5 Å². The lowest BCUT2D eigenvalue weighted by atomic mass is 9.89. The molecule has 4 rings (SSSR count). The minimum Gasteiger partial charge on any atom is -0.444 e. The number of amides is 2. The zero-order valence-electron chi connectivity index (χ0n) is 17.7. The van der Waals surface area contributed by atoms with Crippen molar-refractivity contribution in [1.82, 2.24) is 14.8 Å². The number of carbonyl (C=O) groups is 2. The van der Waals surface area contributed by atoms with Gasteiger partial charge in [0.2, 0.25) is 5.91 Å². The van der Waals surface area contributed by atoms with Crippen molar-refractivity contribution in [3.63, 3.8) is 0 Å². The Labute approximate surface area is 177 Å². The Balaban J connectivity index is 1.43. The van der Waals surface area contributed by atoms with Crippen LogP contribution < -0.4 is 4.90 Å². The molecule has 7 nitrogen and oxygen atoms in total. The quantitative estimate of drug-likeness (QED) is 0.733. The summed E-state index contributed by atoms with van der Waals surface area (Å²) in [5.74, 6) is 0.651. The highest BCUT2D eigenvalue weighted by Crippen LogP contribution is 2.38. The molecule has 3 heterocycles. The van der Waals surface area contributed by atoms with Crippen molar-refractivity contribution < 1.29 is 14.3 Å². The Bertz CT molecular complexity index is 753. The van der Waals surface area contributed by atoms with Gasteiger partial charge in [-0.15, -0.1) is 11.3 Å². The molecule has 160 valence electrons. The number of ether oxygens (including phenoxy) is 1. The predicted molar refractivity (Wildman–Crippen MR) is 113 cm³/mol. The van der Waals surface area contributed by atoms with E-state index in [1.807, 2.05) is 31.9 Å². The van der Waals surface area contributed by atoms with Crippen molar-refractivity contribution in [3.8, 4) is 0 Å². The van der Waals surface area contributed by atoms with Crippen LogP contribution in [-0.2, 0) is 9.53 Å². The van der Waals surface area contributed by atoms with Crippen LogP contribution in [0, 0.1) is 0 Å². The first kappa shape index (κ1) is 20.6. The molecular weight excluding hydrogens is 388 g/mol. The van der Waals surface area contributed by atoms with Gasteiger partial charge in [-0.2, -0.15) is 0 Å². The van der Waals surface area contributed by atoms with Gasteiger partial charge in [0.15, 0.2) is 5.13 Å². The summed E-state index contributed by atoms with van der Waals surface area (Å²) in [6, 6.07) is -0.313. The van der Waals surface area contributed by atoms with E-state index in [4.69, 9.17) is 4.74 Å². The van der Waals surface area contributed by atoms with Gasteiger partial charge in [-0.25, -0.2) is 9.78 Å². The van der Waals surface area contributed by atoms with Crippen molar-refractivity contribution in [3.05, 3.63) is 11.1 Å². The maximum absolute atomic E-state index is 13.3. The van der Waals surface area contributed by atoms with E-state index in [2.05, 4.69) is 9.88 Å². The monoisotopic (exact) mass is 420 g/mol. The first-order valence-electron chi connectivity index (χ1n) is 10.8. The molecule has 8 heteroatoms. The van der Waals surface area contributed by atoms with Gasteiger partial charge >= 0.3 is 6.09 Å². The van der Waals surface area contributed by atoms with Gasteiger partial charge in [0.05, 0.1) is 0 Å². The largest absolute Gasteiger partial charge is 0.444 e. The van der Waals surface area contributed by atoms with Gasteiger partial charge in [-0.3, -0.25) is 14.6 Å². The molecule has 1 saturated carbocycles. The lowest BCUT2D eigenvalue weighted by molar-refractivity contribution is -0.128. The first-order valence-corrected chi connectivity index (χ1v) is 11.6. The maximum Gasteiger partial charge on any atom is 0.410 e. The number of aromatic nitrogens is 1. The minimum atomic E-state index is -0.534. The topological polar surface area (TPSA) is 66.0 Å². The third kappa shape index (κ3) is 4.58. The van der Waals surface area contributed by atoms with Crippen molar-refractivity contribution in [1.29, 1.82) is 0 Å². The van der Waals surface area contributed by atoms with E-state index in [0.29, 0.717) is 32.1 Å². The number of nitrogens with zero attached hydrogens (tertiary/aromatic N) is 4. The summed E-state index contributed by atoms with van der Waals surface area (Å²) < 4.78 is 5.51. The van der Waals surface area contributed by atoms with Crippen molar-refractivity contribution in [2.45, 2.75) is 70.4 Å².